The van der Waals surface area contributed by atoms with Gasteiger partial charge in [0, 0.05) is 104 Å². The molecule has 2 bridgehead atoms. The molecule has 4 aliphatic rings. The number of aromatic nitrogens is 4. The zero-order chi connectivity index (χ0) is 86.2. The average Bonchev–Trinajstić information content (AvgIpc) is 1.76. The molecule has 4 aliphatic heterocycles. The maximum Gasteiger partial charge on any atom is 0.524 e. The number of esters is 1. The number of hydrogen-bond acceptors (Lipinski definition) is 23. The number of nitrogens with two attached hydrogens (primary N) is 1. The fraction of sp³-hybridized carbons (Fsp3) is 0.528. The summed E-state index contributed by atoms with van der Waals surface area (Å²) in [6.45, 7) is 0.643. The molecule has 6 heterocycles. The molecule has 117 heavy (non-hydrogen) atoms. The number of halogens is 10. The number of carbonyl (C=O) groups is 7. The van der Waals surface area contributed by atoms with Crippen LogP contribution in [0.3, 0.4) is 0 Å². The molecule has 4 fully saturated rings. The van der Waals surface area contributed by atoms with Gasteiger partial charge in [-0.05, 0) is 107 Å². The number of hydrazine groups is 1. The third-order valence-corrected chi connectivity index (χ3v) is 21.9. The third-order valence-electron chi connectivity index (χ3n) is 20.4. The van der Waals surface area contributed by atoms with Crippen molar-refractivity contribution < 1.29 is 133 Å². The van der Waals surface area contributed by atoms with Gasteiger partial charge in [0.15, 0.2) is 0 Å². The lowest BCUT2D eigenvalue weighted by Crippen LogP contribution is -2.64. The molecule has 0 radical (unpaired) electrons. The number of alkyl carbamates (subject to hydrolysis) is 2. The molecule has 640 valence electrons. The van der Waals surface area contributed by atoms with E-state index in [0.717, 1.165) is 36.5 Å². The summed E-state index contributed by atoms with van der Waals surface area (Å²) in [5.74, 6) is -2.86. The lowest BCUT2D eigenvalue weighted by Gasteiger charge is -2.47. The zero-order valence-corrected chi connectivity index (χ0v) is 66.1. The fourth-order valence-electron chi connectivity index (χ4n) is 13.9. The number of fused-ring (bicyclic) bond motifs is 2. The number of rotatable bonds is 30. The Balaban J connectivity index is 1.09. The van der Waals surface area contributed by atoms with E-state index in [2.05, 4.69) is 51.5 Å². The number of piperazine rings is 2. The van der Waals surface area contributed by atoms with Crippen LogP contribution in [0, 0.1) is 41.2 Å². The van der Waals surface area contributed by atoms with E-state index in [-0.39, 0.29) is 53.1 Å². The van der Waals surface area contributed by atoms with E-state index in [9.17, 15) is 65.1 Å². The number of aryl methyl sites for hydroxylation is 1. The van der Waals surface area contributed by atoms with Crippen molar-refractivity contribution in [1.29, 1.82) is 0 Å². The topological polar surface area (TPSA) is 410 Å². The first kappa shape index (κ1) is 90.9. The molecule has 4 saturated heterocycles. The molecule has 0 aliphatic carbocycles. The van der Waals surface area contributed by atoms with E-state index in [4.69, 9.17) is 28.6 Å². The number of anilines is 1. The van der Waals surface area contributed by atoms with Crippen molar-refractivity contribution in [3.05, 3.63) is 124 Å². The Bertz CT molecular complexity index is 4660. The number of alkyl halides is 8. The third kappa shape index (κ3) is 23.1. The Hall–Kier alpha value is -10.0. The number of nitrogens with zero attached hydrogens (tertiary/aromatic N) is 9. The van der Waals surface area contributed by atoms with E-state index in [0.29, 0.717) is 113 Å². The number of phosphoric acid groups is 1. The molecular formula is C72H87F10N14O19PS. The van der Waals surface area contributed by atoms with Crippen LogP contribution in [0.2, 0.25) is 0 Å². The minimum Gasteiger partial charge on any atom is -0.453 e. The maximum atomic E-state index is 16.8. The van der Waals surface area contributed by atoms with Crippen molar-refractivity contribution in [2.75, 3.05) is 84.9 Å². The van der Waals surface area contributed by atoms with Crippen LogP contribution in [0.1, 0.15) is 106 Å². The van der Waals surface area contributed by atoms with Crippen molar-refractivity contribution in [1.82, 2.24) is 60.2 Å². The largest absolute Gasteiger partial charge is 0.524 e. The second kappa shape index (κ2) is 36.9. The molecule has 5 aromatic rings. The van der Waals surface area contributed by atoms with Crippen LogP contribution in [0.5, 0.6) is 5.75 Å². The van der Waals surface area contributed by atoms with Gasteiger partial charge < -0.3 is 58.7 Å². The molecule has 33 nitrogen and oxygen atoms in total. The van der Waals surface area contributed by atoms with E-state index >= 15 is 35.1 Å². The number of methoxy groups -OCH3 is 2. The van der Waals surface area contributed by atoms with E-state index in [1.165, 1.54) is 74.5 Å². The Labute approximate surface area is 664 Å². The van der Waals surface area contributed by atoms with Gasteiger partial charge in [0.25, 0.3) is 16.1 Å². The number of nitrogens with one attached hydrogen (secondary N) is 4. The first-order valence-corrected chi connectivity index (χ1v) is 39.1. The van der Waals surface area contributed by atoms with Gasteiger partial charge in [0.2, 0.25) is 24.6 Å². The molecule has 0 spiro atoms. The number of ether oxygens (including phenoxy) is 6. The quantitative estimate of drug-likeness (QED) is 0.00477. The molecule has 8 N–H and O–H groups in total. The Morgan fingerprint density at radius 2 is 1.32 bits per heavy atom. The highest BCUT2D eigenvalue weighted by molar-refractivity contribution is 7.86. The predicted molar refractivity (Wildman–Crippen MR) is 390 cm³/mol. The fourth-order valence-corrected chi connectivity index (χ4v) is 14.9. The lowest BCUT2D eigenvalue weighted by molar-refractivity contribution is -0.221. The smallest absolute Gasteiger partial charge is 0.453 e. The minimum absolute atomic E-state index is 0.0488. The summed E-state index contributed by atoms with van der Waals surface area (Å²) in [5.41, 5.74) is -7.41. The summed E-state index contributed by atoms with van der Waals surface area (Å²) in [5, 5.41) is 15.1. The van der Waals surface area contributed by atoms with E-state index < -0.39 is 193 Å². The number of phosphoric ester groups is 1. The van der Waals surface area contributed by atoms with Crippen LogP contribution in [0.25, 0.3) is 11.3 Å². The number of carbonyl (C=O) groups excluding carboxylic acids is 7. The van der Waals surface area contributed by atoms with Crippen LogP contribution < -0.4 is 35.9 Å². The Kier molecular flexibility index (Phi) is 28.7. The van der Waals surface area contributed by atoms with Gasteiger partial charge >= 0.3 is 51.0 Å². The van der Waals surface area contributed by atoms with Crippen LogP contribution in [0.15, 0.2) is 73.2 Å². The lowest BCUT2D eigenvalue weighted by atomic mass is 9.77. The van der Waals surface area contributed by atoms with Gasteiger partial charge in [-0.25, -0.2) is 52.5 Å². The minimum atomic E-state index is -5.44. The molecule has 3 aromatic carbocycles. The summed E-state index contributed by atoms with van der Waals surface area (Å²) < 4.78 is 225. The van der Waals surface area contributed by atoms with Crippen LogP contribution in [-0.2, 0) is 87.2 Å². The Morgan fingerprint density at radius 1 is 0.761 bits per heavy atom. The first-order valence-electron chi connectivity index (χ1n) is 36.0. The van der Waals surface area contributed by atoms with E-state index in [1.807, 2.05) is 10.7 Å². The van der Waals surface area contributed by atoms with Crippen molar-refractivity contribution in [2.45, 2.75) is 154 Å². The molecule has 5 amide bonds. The van der Waals surface area contributed by atoms with Gasteiger partial charge in [-0.15, -0.1) is 0 Å². The summed E-state index contributed by atoms with van der Waals surface area (Å²) in [4.78, 5) is 133. The van der Waals surface area contributed by atoms with Crippen molar-refractivity contribution in [3.8, 4) is 28.8 Å². The summed E-state index contributed by atoms with van der Waals surface area (Å²) in [7, 11) is -8.13. The number of benzene rings is 3. The highest BCUT2D eigenvalue weighted by Crippen LogP contribution is 2.47. The maximum absolute atomic E-state index is 16.8. The molecule has 0 saturated carbocycles. The average molecular weight is 1710 g/mol. The molecule has 6 atom stereocenters. The predicted octanol–water partition coefficient (Wildman–Crippen LogP) is 6.71. The Morgan fingerprint density at radius 3 is 1.84 bits per heavy atom. The van der Waals surface area contributed by atoms with Crippen LogP contribution >= 0.6 is 7.82 Å². The second-order valence-electron chi connectivity index (χ2n) is 29.9. The summed E-state index contributed by atoms with van der Waals surface area (Å²) in [6.07, 6.45) is -14.8. The molecular weight excluding hydrogens is 1620 g/mol. The van der Waals surface area contributed by atoms with Crippen molar-refractivity contribution in [3.63, 3.8) is 0 Å². The van der Waals surface area contributed by atoms with Gasteiger partial charge in [0.05, 0.1) is 81.0 Å². The standard InChI is InChI=1S/C72H87F10N14O19PS/c1-40-24-45(29-56(97)91-20-22-94(23-21-91)117(83,107)108)58(54(25-40)115-116(104,105)106)68(2,3)30-57(98)112-39-113-67(103)114-55(36-93(90-62(100)60(88-66(102)110-9)70(6,7)72(80,81)82)35-49-50(73)27-44(28-51(49)74)52-18-19-95(89-52)63(75)76)53(86-61(99)59(87-65(101)109-8)69(4,5)71(77,78)79)26-42-13-10-41(11-14-42)12-15-43-31-84-64(85-32-43)92-33-46-16-17-47(34-92)96(46)48-37-111-38-48/h10-11,13-14,18-19,24-25,27-28,31-32,46-48,53,55,59-60,63H,16-17,20-23,26,29-30,33-39H2,1-9H3,(H,86,99)(H,87,101)(H,88,102)(H,90,100)(H2,83,107,108)(H2,104,105,106)/t46?,47?,53-,55-,59+,60+/m0/s1. The molecule has 9 rings (SSSR count). The van der Waals surface area contributed by atoms with Gasteiger partial charge in [-0.3, -0.25) is 39.3 Å². The normalized spacial score (nSPS) is 17.6. The van der Waals surface area contributed by atoms with Gasteiger partial charge in [0.1, 0.15) is 35.6 Å². The highest BCUT2D eigenvalue weighted by Gasteiger charge is 2.58. The summed E-state index contributed by atoms with van der Waals surface area (Å²) >= 11 is 0. The molecule has 2 aromatic heterocycles. The van der Waals surface area contributed by atoms with Crippen LogP contribution in [0.4, 0.5) is 64.2 Å². The molecule has 45 heteroatoms. The van der Waals surface area contributed by atoms with Gasteiger partial charge in [-0.2, -0.15) is 52.9 Å². The number of amides is 5. The first-order chi connectivity index (χ1) is 54.5. The number of hydrogen-bond donors (Lipinski definition) is 7. The monoisotopic (exact) mass is 1700 g/mol. The zero-order valence-electron chi connectivity index (χ0n) is 64.4. The van der Waals surface area contributed by atoms with Crippen LogP contribution in [-0.4, -0.2) is 234 Å². The van der Waals surface area contributed by atoms with E-state index in [1.54, 1.807) is 5.32 Å². The van der Waals surface area contributed by atoms with Gasteiger partial charge in [-0.1, -0.05) is 43.9 Å². The SMILES string of the molecule is COC(=O)N[C@H](C(=O)N[C@@H](Cc1ccc(C#Cc2cnc(N3CC4CCC(C3)N4C3COC3)nc2)cc1)[C@H](CN(Cc1c(F)cc(-c2ccn(C(F)F)n2)cc1F)NC(=O)[C@@H](NC(=O)OC)C(C)(C)C(F)(F)F)OC(=O)OCOC(=O)CC(C)(C)c1c(CC(=O)N2CCN(S(N)(=O)=O)CC2)cc(C)cc1OP(=O)(O)O)C(C)(C)C(F)(F)F. The summed E-state index contributed by atoms with van der Waals surface area (Å²) in [6, 6.07) is 3.54. The van der Waals surface area contributed by atoms with Crippen molar-refractivity contribution in [2.24, 2.45) is 16.0 Å². The second-order valence-corrected chi connectivity index (χ2v) is 32.6. The molecule has 2 unspecified atom stereocenters. The van der Waals surface area contributed by atoms with Crippen molar-refractivity contribution >= 4 is 66.0 Å². The highest BCUT2D eigenvalue weighted by atomic mass is 32.2.